The van der Waals surface area contributed by atoms with Gasteiger partial charge in [0.05, 0.1) is 12.5 Å². The molecule has 1 aliphatic carbocycles. The molecule has 0 aromatic heterocycles. The predicted octanol–water partition coefficient (Wildman–Crippen LogP) is 1.73. The van der Waals surface area contributed by atoms with Crippen LogP contribution in [0, 0.1) is 5.41 Å². The first kappa shape index (κ1) is 16.6. The van der Waals surface area contributed by atoms with Crippen molar-refractivity contribution in [2.24, 2.45) is 11.1 Å². The molecule has 1 atom stereocenters. The Morgan fingerprint density at radius 3 is 2.44 bits per heavy atom. The van der Waals surface area contributed by atoms with Gasteiger partial charge in [-0.1, -0.05) is 30.3 Å². The van der Waals surface area contributed by atoms with Crippen molar-refractivity contribution in [1.29, 1.82) is 0 Å². The summed E-state index contributed by atoms with van der Waals surface area (Å²) in [6.45, 7) is 3.04. The number of amides is 2. The van der Waals surface area contributed by atoms with Crippen LogP contribution >= 0.6 is 0 Å². The quantitative estimate of drug-likeness (QED) is 0.907. The monoisotopic (exact) mass is 341 g/mol. The minimum absolute atomic E-state index is 0.0155. The normalized spacial score (nSPS) is 26.8. The number of nitrogens with zero attached hydrogens (tertiary/aromatic N) is 2. The Labute approximate surface area is 149 Å². The van der Waals surface area contributed by atoms with E-state index in [-0.39, 0.29) is 17.2 Å². The van der Waals surface area contributed by atoms with Crippen LogP contribution in [0.3, 0.4) is 0 Å². The van der Waals surface area contributed by atoms with Gasteiger partial charge >= 0.3 is 0 Å². The minimum atomic E-state index is -0.253. The van der Waals surface area contributed by atoms with Crippen LogP contribution in [0.4, 0.5) is 0 Å². The Kier molecular flexibility index (Phi) is 4.28. The van der Waals surface area contributed by atoms with Gasteiger partial charge in [-0.2, -0.15) is 0 Å². The van der Waals surface area contributed by atoms with Crippen LogP contribution in [0.15, 0.2) is 30.3 Å². The first-order chi connectivity index (χ1) is 12.1. The van der Waals surface area contributed by atoms with E-state index in [1.807, 2.05) is 18.2 Å². The van der Waals surface area contributed by atoms with Crippen molar-refractivity contribution in [3.63, 3.8) is 0 Å². The number of rotatable bonds is 4. The van der Waals surface area contributed by atoms with Gasteiger partial charge in [0.1, 0.15) is 0 Å². The summed E-state index contributed by atoms with van der Waals surface area (Å²) in [6.07, 6.45) is 5.32. The second-order valence-corrected chi connectivity index (χ2v) is 8.11. The molecule has 1 aromatic carbocycles. The molecule has 5 nitrogen and oxygen atoms in total. The number of hydrogen-bond acceptors (Lipinski definition) is 3. The number of primary amides is 1. The van der Waals surface area contributed by atoms with Crippen LogP contribution in [0.25, 0.3) is 0 Å². The van der Waals surface area contributed by atoms with Gasteiger partial charge in [-0.15, -0.1) is 0 Å². The maximum absolute atomic E-state index is 13.1. The number of likely N-dealkylation sites (tertiary alicyclic amines) is 2. The summed E-state index contributed by atoms with van der Waals surface area (Å²) in [5.74, 6) is 0.0497. The molecular formula is C20H27N3O2. The number of nitrogens with two attached hydrogens (primary N) is 1. The van der Waals surface area contributed by atoms with E-state index in [0.717, 1.165) is 57.3 Å². The number of piperidine rings is 2. The van der Waals surface area contributed by atoms with Gasteiger partial charge in [0.2, 0.25) is 11.8 Å². The van der Waals surface area contributed by atoms with Crippen LogP contribution in [0.2, 0.25) is 0 Å². The van der Waals surface area contributed by atoms with Gasteiger partial charge in [-0.05, 0) is 56.2 Å². The molecule has 2 saturated heterocycles. The third kappa shape index (κ3) is 3.43. The van der Waals surface area contributed by atoms with Gasteiger partial charge in [0.15, 0.2) is 0 Å². The minimum Gasteiger partial charge on any atom is -0.369 e. The Morgan fingerprint density at radius 2 is 1.84 bits per heavy atom. The van der Waals surface area contributed by atoms with Crippen molar-refractivity contribution in [2.45, 2.75) is 44.1 Å². The molecule has 1 spiro atoms. The zero-order chi connectivity index (χ0) is 17.4. The fourth-order valence-electron chi connectivity index (χ4n) is 4.63. The Morgan fingerprint density at radius 1 is 1.16 bits per heavy atom. The Hall–Kier alpha value is -1.88. The van der Waals surface area contributed by atoms with E-state index >= 15 is 0 Å². The molecule has 1 aromatic rings. The van der Waals surface area contributed by atoms with Crippen LogP contribution in [0.5, 0.6) is 0 Å². The van der Waals surface area contributed by atoms with Crippen molar-refractivity contribution in [1.82, 2.24) is 9.80 Å². The number of carbonyl (C=O) groups is 2. The summed E-state index contributed by atoms with van der Waals surface area (Å²) in [5, 5.41) is 0. The third-order valence-corrected chi connectivity index (χ3v) is 6.21. The lowest BCUT2D eigenvalue weighted by Crippen LogP contribution is -2.55. The van der Waals surface area contributed by atoms with Gasteiger partial charge in [-0.3, -0.25) is 14.5 Å². The average Bonchev–Trinajstić information content (AvgIpc) is 3.44. The number of hydrogen-bond donors (Lipinski definition) is 1. The highest BCUT2D eigenvalue weighted by Crippen LogP contribution is 2.48. The molecule has 2 heterocycles. The first-order valence-electron chi connectivity index (χ1n) is 9.42. The van der Waals surface area contributed by atoms with Crippen molar-refractivity contribution in [2.75, 3.05) is 26.2 Å². The Bertz CT molecular complexity index is 648. The molecule has 5 heteroatoms. The van der Waals surface area contributed by atoms with E-state index < -0.39 is 0 Å². The van der Waals surface area contributed by atoms with Crippen molar-refractivity contribution >= 4 is 11.8 Å². The average molecular weight is 341 g/mol. The summed E-state index contributed by atoms with van der Waals surface area (Å²) in [7, 11) is 0. The molecule has 2 aliphatic heterocycles. The molecule has 3 aliphatic rings. The van der Waals surface area contributed by atoms with Crippen LogP contribution in [-0.2, 0) is 9.59 Å². The lowest BCUT2D eigenvalue weighted by Gasteiger charge is -2.50. The topological polar surface area (TPSA) is 66.6 Å². The standard InChI is InChI=1S/C20H27N3O2/c21-18(24)13-22-10-8-20(9-11-22)12-17(15-4-2-1-3-5-15)19(25)23(14-20)16-6-7-16/h1-5,16-17H,6-14H2,(H2,21,24). The van der Waals surface area contributed by atoms with E-state index in [0.29, 0.717) is 18.5 Å². The summed E-state index contributed by atoms with van der Waals surface area (Å²) < 4.78 is 0. The second kappa shape index (κ2) is 6.45. The molecule has 134 valence electrons. The van der Waals surface area contributed by atoms with Gasteiger partial charge in [-0.25, -0.2) is 0 Å². The molecule has 2 N–H and O–H groups in total. The summed E-state index contributed by atoms with van der Waals surface area (Å²) in [4.78, 5) is 28.6. The summed E-state index contributed by atoms with van der Waals surface area (Å²) >= 11 is 0. The van der Waals surface area contributed by atoms with Gasteiger partial charge in [0.25, 0.3) is 0 Å². The van der Waals surface area contributed by atoms with E-state index in [1.165, 1.54) is 0 Å². The maximum Gasteiger partial charge on any atom is 0.231 e. The highest BCUT2D eigenvalue weighted by Gasteiger charge is 2.49. The second-order valence-electron chi connectivity index (χ2n) is 8.11. The highest BCUT2D eigenvalue weighted by molar-refractivity contribution is 5.85. The molecule has 2 amide bonds. The zero-order valence-corrected chi connectivity index (χ0v) is 14.7. The van der Waals surface area contributed by atoms with Crippen LogP contribution < -0.4 is 5.73 Å². The van der Waals surface area contributed by atoms with Crippen LogP contribution in [-0.4, -0.2) is 53.8 Å². The number of benzene rings is 1. The lowest BCUT2D eigenvalue weighted by atomic mass is 9.67. The van der Waals surface area contributed by atoms with Crippen molar-refractivity contribution in [3.05, 3.63) is 35.9 Å². The molecule has 25 heavy (non-hydrogen) atoms. The molecule has 4 rings (SSSR count). The highest BCUT2D eigenvalue weighted by atomic mass is 16.2. The zero-order valence-electron chi connectivity index (χ0n) is 14.7. The molecule has 0 bridgehead atoms. The number of carbonyl (C=O) groups excluding carboxylic acids is 2. The van der Waals surface area contributed by atoms with E-state index in [1.54, 1.807) is 0 Å². The molecule has 3 fully saturated rings. The molecule has 1 unspecified atom stereocenters. The van der Waals surface area contributed by atoms with E-state index in [4.69, 9.17) is 5.73 Å². The van der Waals surface area contributed by atoms with E-state index in [9.17, 15) is 9.59 Å². The summed E-state index contributed by atoms with van der Waals surface area (Å²) in [5.41, 5.74) is 6.68. The van der Waals surface area contributed by atoms with Gasteiger partial charge in [0, 0.05) is 12.6 Å². The van der Waals surface area contributed by atoms with Gasteiger partial charge < -0.3 is 10.6 Å². The third-order valence-electron chi connectivity index (χ3n) is 6.21. The van der Waals surface area contributed by atoms with Crippen molar-refractivity contribution in [3.8, 4) is 0 Å². The first-order valence-corrected chi connectivity index (χ1v) is 9.42. The fraction of sp³-hybridized carbons (Fsp3) is 0.600. The van der Waals surface area contributed by atoms with E-state index in [2.05, 4.69) is 21.9 Å². The lowest BCUT2D eigenvalue weighted by molar-refractivity contribution is -0.142. The maximum atomic E-state index is 13.1. The fourth-order valence-corrected chi connectivity index (χ4v) is 4.63. The largest absolute Gasteiger partial charge is 0.369 e. The molecular weight excluding hydrogens is 314 g/mol. The Balaban J connectivity index is 1.54. The predicted molar refractivity (Wildman–Crippen MR) is 95.8 cm³/mol. The van der Waals surface area contributed by atoms with Crippen LogP contribution in [0.1, 0.15) is 43.6 Å². The molecule has 1 saturated carbocycles. The SMILES string of the molecule is NC(=O)CN1CCC2(CC1)CC(c1ccccc1)C(=O)N(C1CC1)C2. The van der Waals surface area contributed by atoms with Crippen molar-refractivity contribution < 1.29 is 9.59 Å². The summed E-state index contributed by atoms with van der Waals surface area (Å²) in [6, 6.07) is 10.7. The molecule has 0 radical (unpaired) electrons. The smallest absolute Gasteiger partial charge is 0.231 e.